The molecule has 5 rings (SSSR count). The van der Waals surface area contributed by atoms with Crippen LogP contribution in [0.3, 0.4) is 0 Å². The topological polar surface area (TPSA) is 119 Å². The summed E-state index contributed by atoms with van der Waals surface area (Å²) in [6.45, 7) is 2.33. The molecule has 4 aromatic rings. The van der Waals surface area contributed by atoms with Crippen LogP contribution in [0.2, 0.25) is 0 Å². The molecule has 1 aliphatic heterocycles. The predicted octanol–water partition coefficient (Wildman–Crippen LogP) is 1.34. The van der Waals surface area contributed by atoms with Crippen LogP contribution in [0.5, 0.6) is 0 Å². The van der Waals surface area contributed by atoms with Gasteiger partial charge in [0.1, 0.15) is 0 Å². The lowest BCUT2D eigenvalue weighted by molar-refractivity contribution is 0.0301. The minimum Gasteiger partial charge on any atom is -0.379 e. The molecule has 0 aliphatic carbocycles. The summed E-state index contributed by atoms with van der Waals surface area (Å²) in [5, 5.41) is 9.47. The van der Waals surface area contributed by atoms with E-state index < -0.39 is 0 Å². The van der Waals surface area contributed by atoms with E-state index in [0.717, 1.165) is 29.8 Å². The second-order valence-corrected chi connectivity index (χ2v) is 6.81. The summed E-state index contributed by atoms with van der Waals surface area (Å²) in [5.74, 6) is 0.760. The van der Waals surface area contributed by atoms with Crippen molar-refractivity contribution in [3.8, 4) is 5.82 Å². The van der Waals surface area contributed by atoms with Gasteiger partial charge < -0.3 is 15.2 Å². The first kappa shape index (κ1) is 17.7. The van der Waals surface area contributed by atoms with Crippen molar-refractivity contribution in [2.45, 2.75) is 25.7 Å². The lowest BCUT2D eigenvalue weighted by Gasteiger charge is -2.10. The smallest absolute Gasteiger partial charge is 0.224 e. The minimum atomic E-state index is 0.149. The number of ether oxygens (including phenoxy) is 2. The highest BCUT2D eigenvalue weighted by molar-refractivity contribution is 5.83. The normalized spacial score (nSPS) is 16.6. The molecule has 4 aromatic heterocycles. The van der Waals surface area contributed by atoms with Gasteiger partial charge in [0.2, 0.25) is 5.95 Å². The molecule has 29 heavy (non-hydrogen) atoms. The molecule has 0 saturated carbocycles. The minimum absolute atomic E-state index is 0.149. The van der Waals surface area contributed by atoms with Crippen LogP contribution in [0.15, 0.2) is 42.9 Å². The molecule has 10 nitrogen and oxygen atoms in total. The Labute approximate surface area is 166 Å². The highest BCUT2D eigenvalue weighted by Crippen LogP contribution is 2.20. The quantitative estimate of drug-likeness (QED) is 0.522. The van der Waals surface area contributed by atoms with E-state index in [1.807, 2.05) is 24.3 Å². The molecular weight excluding hydrogens is 372 g/mol. The summed E-state index contributed by atoms with van der Waals surface area (Å²) in [6.07, 6.45) is 6.29. The number of aromatic nitrogens is 7. The molecule has 0 radical (unpaired) electrons. The fraction of sp³-hybridized carbons (Fsp3) is 0.316. The average molecular weight is 392 g/mol. The molecule has 1 saturated heterocycles. The summed E-state index contributed by atoms with van der Waals surface area (Å²) in [4.78, 5) is 13.4. The summed E-state index contributed by atoms with van der Waals surface area (Å²) in [5.41, 5.74) is 8.29. The van der Waals surface area contributed by atoms with Crippen LogP contribution in [0.1, 0.15) is 17.8 Å². The Bertz CT molecular complexity index is 1120. The number of nitrogen functional groups attached to an aromatic ring is 1. The monoisotopic (exact) mass is 392 g/mol. The zero-order valence-electron chi connectivity index (χ0n) is 15.7. The van der Waals surface area contributed by atoms with Gasteiger partial charge in [0, 0.05) is 19.0 Å². The van der Waals surface area contributed by atoms with Gasteiger partial charge in [0.25, 0.3) is 0 Å². The van der Waals surface area contributed by atoms with Crippen LogP contribution in [0.4, 0.5) is 5.95 Å². The number of nitrogens with two attached hydrogens (primary N) is 1. The number of nitrogens with zero attached hydrogens (tertiary/aromatic N) is 7. The summed E-state index contributed by atoms with van der Waals surface area (Å²) < 4.78 is 14.6. The first-order valence-corrected chi connectivity index (χ1v) is 9.39. The molecule has 0 spiro atoms. The zero-order chi connectivity index (χ0) is 19.6. The molecule has 148 valence electrons. The van der Waals surface area contributed by atoms with Crippen molar-refractivity contribution in [1.29, 1.82) is 0 Å². The lowest BCUT2D eigenvalue weighted by atomic mass is 10.3. The van der Waals surface area contributed by atoms with Gasteiger partial charge in [-0.3, -0.25) is 4.98 Å². The van der Waals surface area contributed by atoms with Gasteiger partial charge in [-0.05, 0) is 24.6 Å². The Hall–Kier alpha value is -3.37. The summed E-state index contributed by atoms with van der Waals surface area (Å²) >= 11 is 0. The van der Waals surface area contributed by atoms with Crippen molar-refractivity contribution < 1.29 is 9.47 Å². The van der Waals surface area contributed by atoms with E-state index in [1.165, 1.54) is 0 Å². The zero-order valence-corrected chi connectivity index (χ0v) is 15.7. The highest BCUT2D eigenvalue weighted by atomic mass is 16.5. The highest BCUT2D eigenvalue weighted by Gasteiger charge is 2.17. The van der Waals surface area contributed by atoms with Crippen molar-refractivity contribution in [3.05, 3.63) is 54.2 Å². The third-order valence-electron chi connectivity index (χ3n) is 4.75. The van der Waals surface area contributed by atoms with Crippen LogP contribution in [0, 0.1) is 0 Å². The number of hydrogen-bond acceptors (Lipinski definition) is 8. The van der Waals surface area contributed by atoms with Crippen molar-refractivity contribution in [2.75, 3.05) is 18.9 Å². The first-order chi connectivity index (χ1) is 14.3. The van der Waals surface area contributed by atoms with Gasteiger partial charge in [-0.15, -0.1) is 0 Å². The van der Waals surface area contributed by atoms with Gasteiger partial charge in [0.15, 0.2) is 11.5 Å². The van der Waals surface area contributed by atoms with Crippen LogP contribution in [-0.2, 0) is 22.6 Å². The van der Waals surface area contributed by atoms with Gasteiger partial charge >= 0.3 is 0 Å². The molecule has 0 aromatic carbocycles. The predicted molar refractivity (Wildman–Crippen MR) is 104 cm³/mol. The van der Waals surface area contributed by atoms with Crippen molar-refractivity contribution >= 4 is 17.0 Å². The van der Waals surface area contributed by atoms with Crippen LogP contribution < -0.4 is 5.73 Å². The Kier molecular flexibility index (Phi) is 4.62. The van der Waals surface area contributed by atoms with Gasteiger partial charge in [-0.25, -0.2) is 9.36 Å². The molecule has 5 heterocycles. The van der Waals surface area contributed by atoms with E-state index in [4.69, 9.17) is 20.2 Å². The molecule has 10 heteroatoms. The van der Waals surface area contributed by atoms with Crippen LogP contribution in [0.25, 0.3) is 16.9 Å². The third kappa shape index (κ3) is 3.67. The fourth-order valence-electron chi connectivity index (χ4n) is 3.34. The number of hydrogen-bond donors (Lipinski definition) is 1. The average Bonchev–Trinajstić information content (AvgIpc) is 3.49. The van der Waals surface area contributed by atoms with Gasteiger partial charge in [-0.1, -0.05) is 6.07 Å². The molecule has 2 N–H and O–H groups in total. The van der Waals surface area contributed by atoms with E-state index in [1.54, 1.807) is 28.0 Å². The number of fused-ring (bicyclic) bond motifs is 1. The molecular formula is C19H20N8O2. The largest absolute Gasteiger partial charge is 0.379 e. The lowest BCUT2D eigenvalue weighted by Crippen LogP contribution is -2.13. The summed E-state index contributed by atoms with van der Waals surface area (Å²) in [7, 11) is 0. The van der Waals surface area contributed by atoms with E-state index in [0.29, 0.717) is 31.2 Å². The maximum Gasteiger partial charge on any atom is 0.224 e. The first-order valence-electron chi connectivity index (χ1n) is 9.39. The Morgan fingerprint density at radius 1 is 1.14 bits per heavy atom. The Balaban J connectivity index is 1.40. The number of pyridine rings is 1. The van der Waals surface area contributed by atoms with E-state index in [2.05, 4.69) is 20.2 Å². The maximum atomic E-state index is 5.93. The second-order valence-electron chi connectivity index (χ2n) is 6.81. The second kappa shape index (κ2) is 7.57. The third-order valence-corrected chi connectivity index (χ3v) is 4.75. The van der Waals surface area contributed by atoms with E-state index in [9.17, 15) is 0 Å². The molecule has 1 fully saturated rings. The fourth-order valence-corrected chi connectivity index (χ4v) is 3.34. The van der Waals surface area contributed by atoms with Crippen LogP contribution >= 0.6 is 0 Å². The molecule has 0 unspecified atom stereocenters. The van der Waals surface area contributed by atoms with Crippen molar-refractivity contribution in [2.24, 2.45) is 0 Å². The Morgan fingerprint density at radius 2 is 2.07 bits per heavy atom. The SMILES string of the molecule is Nc1nc(-n2cccn2)c2cnn(Cc3cccc(CO[C@H]4CCOC4)n3)c2n1. The van der Waals surface area contributed by atoms with Crippen molar-refractivity contribution in [3.63, 3.8) is 0 Å². The summed E-state index contributed by atoms with van der Waals surface area (Å²) in [6, 6.07) is 7.70. The number of anilines is 1. The maximum absolute atomic E-state index is 5.93. The molecule has 0 amide bonds. The molecule has 1 aliphatic rings. The molecule has 0 bridgehead atoms. The van der Waals surface area contributed by atoms with Gasteiger partial charge in [0.05, 0.1) is 48.8 Å². The Morgan fingerprint density at radius 3 is 2.90 bits per heavy atom. The van der Waals surface area contributed by atoms with Crippen LogP contribution in [-0.4, -0.2) is 53.8 Å². The van der Waals surface area contributed by atoms with E-state index >= 15 is 0 Å². The van der Waals surface area contributed by atoms with Gasteiger partial charge in [-0.2, -0.15) is 20.2 Å². The standard InChI is InChI=1S/C19H20N8O2/c20-19-24-17(26-7-2-6-21-26)16-9-22-27(18(16)25-19)10-13-3-1-4-14(23-13)11-29-15-5-8-28-12-15/h1-4,6-7,9,15H,5,8,10-12H2,(H2,20,24,25)/t15-/m0/s1. The number of rotatable bonds is 6. The van der Waals surface area contributed by atoms with E-state index in [-0.39, 0.29) is 12.1 Å². The molecule has 1 atom stereocenters. The van der Waals surface area contributed by atoms with Crippen molar-refractivity contribution in [1.82, 2.24) is 34.5 Å².